The predicted octanol–water partition coefficient (Wildman–Crippen LogP) is 3.70. The van der Waals surface area contributed by atoms with Crippen molar-refractivity contribution in [1.29, 1.82) is 0 Å². The van der Waals surface area contributed by atoms with Crippen LogP contribution in [-0.2, 0) is 0 Å². The summed E-state index contributed by atoms with van der Waals surface area (Å²) in [4.78, 5) is 27.0. The third kappa shape index (κ3) is 2.78. The van der Waals surface area contributed by atoms with Gasteiger partial charge in [0, 0.05) is 10.9 Å². The van der Waals surface area contributed by atoms with E-state index in [-0.39, 0.29) is 22.7 Å². The molecule has 0 saturated heterocycles. The molecule has 2 aromatic heterocycles. The molecule has 2 heterocycles. The van der Waals surface area contributed by atoms with E-state index in [1.165, 1.54) is 0 Å². The number of halogens is 2. The second kappa shape index (κ2) is 6.09. The lowest BCUT2D eigenvalue weighted by atomic mass is 9.98. The van der Waals surface area contributed by atoms with Crippen molar-refractivity contribution >= 4 is 28.5 Å². The van der Waals surface area contributed by atoms with Crippen molar-refractivity contribution in [3.8, 4) is 11.3 Å². The predicted molar refractivity (Wildman–Crippen MR) is 86.6 cm³/mol. The van der Waals surface area contributed by atoms with E-state index in [0.29, 0.717) is 22.2 Å². The zero-order chi connectivity index (χ0) is 17.4. The van der Waals surface area contributed by atoms with Crippen molar-refractivity contribution in [3.05, 3.63) is 47.0 Å². The quantitative estimate of drug-likeness (QED) is 0.727. The van der Waals surface area contributed by atoms with Crippen molar-refractivity contribution in [1.82, 2.24) is 19.9 Å². The fourth-order valence-electron chi connectivity index (χ4n) is 2.46. The maximum atomic E-state index is 14.2. The summed E-state index contributed by atoms with van der Waals surface area (Å²) in [6.45, 7) is 3.74. The minimum absolute atomic E-state index is 0.0224. The van der Waals surface area contributed by atoms with Gasteiger partial charge in [-0.3, -0.25) is 0 Å². The molecule has 0 radical (unpaired) electrons. The van der Waals surface area contributed by atoms with Crippen LogP contribution in [0.1, 0.15) is 36.1 Å². The van der Waals surface area contributed by atoms with E-state index in [4.69, 9.17) is 11.6 Å². The van der Waals surface area contributed by atoms with Gasteiger partial charge < -0.3 is 5.11 Å². The van der Waals surface area contributed by atoms with Gasteiger partial charge in [0.2, 0.25) is 11.1 Å². The number of carboxylic acids is 1. The topological polar surface area (TPSA) is 88.9 Å². The van der Waals surface area contributed by atoms with Crippen LogP contribution in [0.2, 0.25) is 5.28 Å². The average molecular weight is 347 g/mol. The highest BCUT2D eigenvalue weighted by Crippen LogP contribution is 2.33. The fourth-order valence-corrected chi connectivity index (χ4v) is 2.59. The van der Waals surface area contributed by atoms with E-state index in [0.717, 1.165) is 6.20 Å². The number of hydrogen-bond acceptors (Lipinski definition) is 5. The van der Waals surface area contributed by atoms with Crippen molar-refractivity contribution in [2.45, 2.75) is 19.8 Å². The molecule has 3 rings (SSSR count). The number of aromatic carboxylic acids is 1. The number of nitrogens with zero attached hydrogens (tertiary/aromatic N) is 4. The molecule has 0 saturated carbocycles. The first-order valence-electron chi connectivity index (χ1n) is 7.11. The highest BCUT2D eigenvalue weighted by atomic mass is 35.5. The van der Waals surface area contributed by atoms with E-state index >= 15 is 0 Å². The Bertz CT molecular complexity index is 962. The maximum absolute atomic E-state index is 14.2. The highest BCUT2D eigenvalue weighted by Gasteiger charge is 2.20. The molecule has 0 atom stereocenters. The Kier molecular flexibility index (Phi) is 4.11. The summed E-state index contributed by atoms with van der Waals surface area (Å²) >= 11 is 5.79. The molecule has 1 aromatic carbocycles. The summed E-state index contributed by atoms with van der Waals surface area (Å²) < 4.78 is 14.2. The van der Waals surface area contributed by atoms with Gasteiger partial charge in [-0.15, -0.1) is 0 Å². The Balaban J connectivity index is 2.42. The summed E-state index contributed by atoms with van der Waals surface area (Å²) in [5, 5.41) is 9.66. The Hall–Kier alpha value is -2.67. The van der Waals surface area contributed by atoms with Crippen LogP contribution in [0.4, 0.5) is 4.39 Å². The lowest BCUT2D eigenvalue weighted by Crippen LogP contribution is -2.09. The summed E-state index contributed by atoms with van der Waals surface area (Å²) in [5.41, 5.74) is 1.36. The Morgan fingerprint density at radius 3 is 2.67 bits per heavy atom. The van der Waals surface area contributed by atoms with Crippen LogP contribution in [0, 0.1) is 5.82 Å². The van der Waals surface area contributed by atoms with Crippen LogP contribution in [0.15, 0.2) is 24.4 Å². The van der Waals surface area contributed by atoms with E-state index in [2.05, 4.69) is 19.9 Å². The summed E-state index contributed by atoms with van der Waals surface area (Å²) in [7, 11) is 0. The normalized spacial score (nSPS) is 11.2. The Morgan fingerprint density at radius 2 is 2.00 bits per heavy atom. The first kappa shape index (κ1) is 16.2. The van der Waals surface area contributed by atoms with Gasteiger partial charge in [-0.1, -0.05) is 26.0 Å². The minimum Gasteiger partial charge on any atom is -0.475 e. The van der Waals surface area contributed by atoms with E-state index in [1.54, 1.807) is 18.2 Å². The lowest BCUT2D eigenvalue weighted by molar-refractivity contribution is 0.0683. The molecular formula is C16H12ClFN4O2. The van der Waals surface area contributed by atoms with Crippen molar-refractivity contribution in [3.63, 3.8) is 0 Å². The van der Waals surface area contributed by atoms with Gasteiger partial charge in [-0.2, -0.15) is 0 Å². The van der Waals surface area contributed by atoms with Crippen LogP contribution >= 0.6 is 11.6 Å². The highest BCUT2D eigenvalue weighted by molar-refractivity contribution is 6.28. The van der Waals surface area contributed by atoms with Gasteiger partial charge >= 0.3 is 5.97 Å². The van der Waals surface area contributed by atoms with Gasteiger partial charge in [0.1, 0.15) is 5.69 Å². The third-order valence-electron chi connectivity index (χ3n) is 3.46. The van der Waals surface area contributed by atoms with Crippen LogP contribution in [-0.4, -0.2) is 31.0 Å². The number of rotatable bonds is 3. The first-order chi connectivity index (χ1) is 11.4. The summed E-state index contributed by atoms with van der Waals surface area (Å²) in [5.74, 6) is -2.26. The summed E-state index contributed by atoms with van der Waals surface area (Å²) in [6, 6.07) is 4.97. The molecule has 0 amide bonds. The van der Waals surface area contributed by atoms with Crippen molar-refractivity contribution in [2.24, 2.45) is 0 Å². The summed E-state index contributed by atoms with van der Waals surface area (Å²) in [6.07, 6.45) is 0.991. The molecule has 0 aliphatic heterocycles. The van der Waals surface area contributed by atoms with Gasteiger partial charge in [0.15, 0.2) is 5.82 Å². The largest absolute Gasteiger partial charge is 0.475 e. The molecule has 122 valence electrons. The molecule has 0 bridgehead atoms. The van der Waals surface area contributed by atoms with E-state index in [1.807, 2.05) is 13.8 Å². The van der Waals surface area contributed by atoms with E-state index < -0.39 is 11.8 Å². The zero-order valence-electron chi connectivity index (χ0n) is 12.8. The lowest BCUT2D eigenvalue weighted by Gasteiger charge is -2.13. The van der Waals surface area contributed by atoms with E-state index in [9.17, 15) is 14.3 Å². The molecule has 0 fully saturated rings. The molecule has 24 heavy (non-hydrogen) atoms. The molecule has 1 N–H and O–H groups in total. The number of carbonyl (C=O) groups is 1. The van der Waals surface area contributed by atoms with Crippen LogP contribution in [0.5, 0.6) is 0 Å². The molecule has 6 nitrogen and oxygen atoms in total. The number of benzene rings is 1. The van der Waals surface area contributed by atoms with Gasteiger partial charge in [0.05, 0.1) is 17.4 Å². The van der Waals surface area contributed by atoms with Gasteiger partial charge in [-0.25, -0.2) is 29.1 Å². The van der Waals surface area contributed by atoms with Crippen LogP contribution in [0.3, 0.4) is 0 Å². The van der Waals surface area contributed by atoms with Crippen LogP contribution in [0.25, 0.3) is 22.2 Å². The molecule has 0 aliphatic rings. The SMILES string of the molecule is CC(C)c1nc(C(=O)O)nc2cccc(-c3nc(Cl)ncc3F)c12. The first-order valence-corrected chi connectivity index (χ1v) is 7.48. The number of fused-ring (bicyclic) bond motifs is 1. The molecular weight excluding hydrogens is 335 g/mol. The van der Waals surface area contributed by atoms with Gasteiger partial charge in [0.25, 0.3) is 0 Å². The minimum atomic E-state index is -1.22. The third-order valence-corrected chi connectivity index (χ3v) is 3.64. The number of hydrogen-bond donors (Lipinski definition) is 1. The zero-order valence-corrected chi connectivity index (χ0v) is 13.5. The second-order valence-corrected chi connectivity index (χ2v) is 5.77. The van der Waals surface area contributed by atoms with Crippen molar-refractivity contribution in [2.75, 3.05) is 0 Å². The average Bonchev–Trinajstić information content (AvgIpc) is 2.55. The Morgan fingerprint density at radius 1 is 1.25 bits per heavy atom. The molecule has 8 heteroatoms. The molecule has 0 aliphatic carbocycles. The second-order valence-electron chi connectivity index (χ2n) is 5.43. The molecule has 0 unspecified atom stereocenters. The van der Waals surface area contributed by atoms with Crippen LogP contribution < -0.4 is 0 Å². The van der Waals surface area contributed by atoms with Crippen molar-refractivity contribution < 1.29 is 14.3 Å². The fraction of sp³-hybridized carbons (Fsp3) is 0.188. The number of aromatic nitrogens is 4. The standard InChI is InChI=1S/C16H12ClFN4O2/c1-7(2)12-11-8(13-9(18)6-19-16(17)22-13)4-3-5-10(11)20-14(21-12)15(23)24/h3-7H,1-2H3,(H,23,24). The monoisotopic (exact) mass is 346 g/mol. The Labute approximate surface area is 141 Å². The number of carboxylic acid groups (broad SMARTS) is 1. The smallest absolute Gasteiger partial charge is 0.373 e. The molecule has 0 spiro atoms. The molecule has 3 aromatic rings. The van der Waals surface area contributed by atoms with Gasteiger partial charge in [-0.05, 0) is 23.6 Å². The maximum Gasteiger partial charge on any atom is 0.373 e.